The lowest BCUT2D eigenvalue weighted by Gasteiger charge is -2.17. The van der Waals surface area contributed by atoms with Crippen LogP contribution in [-0.2, 0) is 4.74 Å². The lowest BCUT2D eigenvalue weighted by atomic mass is 9.93. The van der Waals surface area contributed by atoms with Gasteiger partial charge in [-0.05, 0) is 24.2 Å². The topological polar surface area (TPSA) is 9.23 Å². The van der Waals surface area contributed by atoms with Crippen molar-refractivity contribution < 1.29 is 4.74 Å². The average Bonchev–Trinajstić information content (AvgIpc) is 2.00. The van der Waals surface area contributed by atoms with Crippen molar-refractivity contribution in [3.05, 3.63) is 12.2 Å². The molecule has 0 atom stereocenters. The molecule has 84 valence electrons. The third-order valence-corrected chi connectivity index (χ3v) is 1.95. The summed E-state index contributed by atoms with van der Waals surface area (Å²) in [5, 5.41) is 0. The van der Waals surface area contributed by atoms with Crippen LogP contribution in [0.25, 0.3) is 0 Å². The molecule has 0 aromatic carbocycles. The van der Waals surface area contributed by atoms with Gasteiger partial charge in [0.1, 0.15) is 0 Å². The molecule has 0 aromatic rings. The van der Waals surface area contributed by atoms with E-state index in [0.29, 0.717) is 11.3 Å². The summed E-state index contributed by atoms with van der Waals surface area (Å²) in [6, 6.07) is 0. The number of ether oxygens (including phenoxy) is 1. The second-order valence-corrected chi connectivity index (χ2v) is 5.38. The normalized spacial score (nSPS) is 13.0. The molecule has 0 spiro atoms. The highest BCUT2D eigenvalue weighted by molar-refractivity contribution is 4.83. The van der Waals surface area contributed by atoms with Crippen LogP contribution in [0.2, 0.25) is 0 Å². The quantitative estimate of drug-likeness (QED) is 0.462. The van der Waals surface area contributed by atoms with Crippen molar-refractivity contribution in [1.29, 1.82) is 0 Å². The van der Waals surface area contributed by atoms with Gasteiger partial charge in [0.25, 0.3) is 0 Å². The van der Waals surface area contributed by atoms with Crippen molar-refractivity contribution in [3.8, 4) is 0 Å². The maximum Gasteiger partial charge on any atom is 0.0500 e. The first-order chi connectivity index (χ1) is 6.42. The van der Waals surface area contributed by atoms with Gasteiger partial charge < -0.3 is 4.74 Å². The van der Waals surface area contributed by atoms with Crippen LogP contribution in [0.1, 0.15) is 47.5 Å². The van der Waals surface area contributed by atoms with Crippen LogP contribution in [0.4, 0.5) is 0 Å². The number of rotatable bonds is 6. The fourth-order valence-corrected chi connectivity index (χ4v) is 1.00. The predicted molar refractivity (Wildman–Crippen MR) is 63.5 cm³/mol. The van der Waals surface area contributed by atoms with Gasteiger partial charge >= 0.3 is 0 Å². The van der Waals surface area contributed by atoms with Crippen molar-refractivity contribution in [1.82, 2.24) is 0 Å². The Morgan fingerprint density at radius 1 is 1.14 bits per heavy atom. The van der Waals surface area contributed by atoms with Crippen molar-refractivity contribution >= 4 is 0 Å². The van der Waals surface area contributed by atoms with Crippen LogP contribution in [0.5, 0.6) is 0 Å². The van der Waals surface area contributed by atoms with E-state index in [-0.39, 0.29) is 0 Å². The van der Waals surface area contributed by atoms with Crippen molar-refractivity contribution in [2.24, 2.45) is 11.3 Å². The molecule has 0 amide bonds. The van der Waals surface area contributed by atoms with Gasteiger partial charge in [-0.25, -0.2) is 0 Å². The van der Waals surface area contributed by atoms with Crippen LogP contribution in [0.3, 0.4) is 0 Å². The molecule has 0 radical (unpaired) electrons. The lowest BCUT2D eigenvalue weighted by molar-refractivity contribution is 0.112. The lowest BCUT2D eigenvalue weighted by Crippen LogP contribution is -2.09. The van der Waals surface area contributed by atoms with Gasteiger partial charge in [0.05, 0.1) is 6.61 Å². The van der Waals surface area contributed by atoms with Gasteiger partial charge in [0.15, 0.2) is 0 Å². The molecule has 0 aliphatic carbocycles. The maximum atomic E-state index is 5.54. The van der Waals surface area contributed by atoms with E-state index in [2.05, 4.69) is 46.8 Å². The molecule has 0 heterocycles. The molecule has 0 aliphatic heterocycles. The number of hydrogen-bond acceptors (Lipinski definition) is 1. The van der Waals surface area contributed by atoms with Crippen molar-refractivity contribution in [2.45, 2.75) is 47.5 Å². The Labute approximate surface area is 89.5 Å². The zero-order valence-electron chi connectivity index (χ0n) is 10.5. The summed E-state index contributed by atoms with van der Waals surface area (Å²) in [6.45, 7) is 12.9. The fraction of sp³-hybridized carbons (Fsp3) is 0.846. The molecule has 0 N–H and O–H groups in total. The first-order valence-corrected chi connectivity index (χ1v) is 5.66. The molecule has 0 aliphatic rings. The molecule has 0 fully saturated rings. The molecule has 0 bridgehead atoms. The van der Waals surface area contributed by atoms with Gasteiger partial charge in [-0.1, -0.05) is 46.8 Å². The largest absolute Gasteiger partial charge is 0.381 e. The van der Waals surface area contributed by atoms with Gasteiger partial charge in [-0.3, -0.25) is 0 Å². The summed E-state index contributed by atoms with van der Waals surface area (Å²) in [6.07, 6.45) is 6.62. The Morgan fingerprint density at radius 2 is 1.79 bits per heavy atom. The summed E-state index contributed by atoms with van der Waals surface area (Å²) in [5.74, 6) is 0.657. The van der Waals surface area contributed by atoms with E-state index < -0.39 is 0 Å². The zero-order chi connectivity index (χ0) is 11.0. The molecule has 0 saturated carbocycles. The number of hydrogen-bond donors (Lipinski definition) is 0. The fourth-order valence-electron chi connectivity index (χ4n) is 1.00. The van der Waals surface area contributed by atoms with E-state index in [1.165, 1.54) is 0 Å². The highest BCUT2D eigenvalue weighted by Crippen LogP contribution is 2.17. The summed E-state index contributed by atoms with van der Waals surface area (Å²) in [7, 11) is 0. The molecule has 0 rings (SSSR count). The second kappa shape index (κ2) is 7.05. The van der Waals surface area contributed by atoms with Crippen LogP contribution in [0.15, 0.2) is 12.2 Å². The standard InChI is InChI=1S/C13H26O/c1-12(2)8-6-7-10-14-11-9-13(3,4)5/h6,8,12H,7,9-11H2,1-5H3/b8-6-. The molecule has 0 saturated heterocycles. The third-order valence-electron chi connectivity index (χ3n) is 1.95. The van der Waals surface area contributed by atoms with Gasteiger partial charge in [0.2, 0.25) is 0 Å². The molecule has 0 aromatic heterocycles. The highest BCUT2D eigenvalue weighted by Gasteiger charge is 2.08. The number of allylic oxidation sites excluding steroid dienone is 1. The van der Waals surface area contributed by atoms with Gasteiger partial charge in [-0.2, -0.15) is 0 Å². The van der Waals surface area contributed by atoms with Crippen LogP contribution in [0, 0.1) is 11.3 Å². The smallest absolute Gasteiger partial charge is 0.0500 e. The Morgan fingerprint density at radius 3 is 2.29 bits per heavy atom. The molecular formula is C13H26O. The minimum Gasteiger partial charge on any atom is -0.381 e. The first kappa shape index (κ1) is 13.7. The SMILES string of the molecule is CC(C)/C=C\CCOCCC(C)(C)C. The molecule has 1 heteroatoms. The van der Waals surface area contributed by atoms with E-state index in [0.717, 1.165) is 26.1 Å². The Kier molecular flexibility index (Phi) is 6.90. The Balaban J connectivity index is 3.23. The van der Waals surface area contributed by atoms with Crippen LogP contribution < -0.4 is 0 Å². The maximum absolute atomic E-state index is 5.54. The summed E-state index contributed by atoms with van der Waals surface area (Å²) in [5.41, 5.74) is 0.397. The summed E-state index contributed by atoms with van der Waals surface area (Å²) < 4.78 is 5.54. The monoisotopic (exact) mass is 198 g/mol. The zero-order valence-corrected chi connectivity index (χ0v) is 10.5. The Hall–Kier alpha value is -0.300. The van der Waals surface area contributed by atoms with E-state index >= 15 is 0 Å². The van der Waals surface area contributed by atoms with E-state index in [1.54, 1.807) is 0 Å². The predicted octanol–water partition coefficient (Wildman–Crippen LogP) is 4.04. The third kappa shape index (κ3) is 11.7. The second-order valence-electron chi connectivity index (χ2n) is 5.38. The summed E-state index contributed by atoms with van der Waals surface area (Å²) in [4.78, 5) is 0. The first-order valence-electron chi connectivity index (χ1n) is 5.66. The molecular weight excluding hydrogens is 172 g/mol. The van der Waals surface area contributed by atoms with Crippen molar-refractivity contribution in [3.63, 3.8) is 0 Å². The molecule has 0 unspecified atom stereocenters. The minimum absolute atomic E-state index is 0.397. The highest BCUT2D eigenvalue weighted by atomic mass is 16.5. The Bertz CT molecular complexity index is 151. The minimum atomic E-state index is 0.397. The average molecular weight is 198 g/mol. The van der Waals surface area contributed by atoms with E-state index in [9.17, 15) is 0 Å². The molecule has 1 nitrogen and oxygen atoms in total. The van der Waals surface area contributed by atoms with Crippen molar-refractivity contribution in [2.75, 3.05) is 13.2 Å². The summed E-state index contributed by atoms with van der Waals surface area (Å²) >= 11 is 0. The van der Waals surface area contributed by atoms with Gasteiger partial charge in [0, 0.05) is 6.61 Å². The van der Waals surface area contributed by atoms with Crippen LogP contribution in [-0.4, -0.2) is 13.2 Å². The molecule has 14 heavy (non-hydrogen) atoms. The van der Waals surface area contributed by atoms with E-state index in [1.807, 2.05) is 0 Å². The van der Waals surface area contributed by atoms with Crippen LogP contribution >= 0.6 is 0 Å². The van der Waals surface area contributed by atoms with Gasteiger partial charge in [-0.15, -0.1) is 0 Å². The van der Waals surface area contributed by atoms with E-state index in [4.69, 9.17) is 4.74 Å².